The lowest BCUT2D eigenvalue weighted by Gasteiger charge is -2.31. The number of aromatic hydroxyl groups is 1. The van der Waals surface area contributed by atoms with Gasteiger partial charge in [-0.15, -0.1) is 0 Å². The second-order valence-corrected chi connectivity index (χ2v) is 19.5. The maximum absolute atomic E-state index is 14.4. The molecule has 8 amide bonds. The van der Waals surface area contributed by atoms with E-state index in [1.54, 1.807) is 56.3 Å². The third-order valence-electron chi connectivity index (χ3n) is 10.5. The number of aliphatic hydroxyl groups is 1. The van der Waals surface area contributed by atoms with Crippen LogP contribution in [0.25, 0.3) is 0 Å². The third-order valence-corrected chi connectivity index (χ3v) is 13.9. The van der Waals surface area contributed by atoms with Crippen LogP contribution in [0.15, 0.2) is 59.6 Å². The first-order chi connectivity index (χ1) is 32.2. The molecule has 0 spiro atoms. The van der Waals surface area contributed by atoms with E-state index >= 15 is 0 Å². The summed E-state index contributed by atoms with van der Waals surface area (Å²) < 4.78 is -1.11. The van der Waals surface area contributed by atoms with Gasteiger partial charge in [0.25, 0.3) is 0 Å². The number of hydrogen-bond donors (Lipinski definition) is 14. The van der Waals surface area contributed by atoms with Crippen LogP contribution in [-0.4, -0.2) is 142 Å². The predicted molar refractivity (Wildman–Crippen MR) is 258 cm³/mol. The molecule has 0 radical (unpaired) electrons. The number of carbonyl (C=O) groups is 8. The number of rotatable bonds is 18. The van der Waals surface area contributed by atoms with Gasteiger partial charge in [-0.3, -0.25) is 43.3 Å². The van der Waals surface area contributed by atoms with Gasteiger partial charge in [0, 0.05) is 29.9 Å². The minimum Gasteiger partial charge on any atom is -0.508 e. The van der Waals surface area contributed by atoms with Crippen LogP contribution in [-0.2, 0) is 51.2 Å². The number of guanidine groups is 1. The number of primary amides is 1. The first-order valence-corrected chi connectivity index (χ1v) is 24.2. The fourth-order valence-corrected chi connectivity index (χ4v) is 9.36. The van der Waals surface area contributed by atoms with Crippen molar-refractivity contribution in [1.29, 1.82) is 0 Å². The number of aliphatic imine (C=N–C) groups is 1. The lowest BCUT2D eigenvalue weighted by Crippen LogP contribution is -2.61. The highest BCUT2D eigenvalue weighted by Gasteiger charge is 2.37. The van der Waals surface area contributed by atoms with Crippen LogP contribution in [0.1, 0.15) is 57.1 Å². The molecule has 1 saturated heterocycles. The summed E-state index contributed by atoms with van der Waals surface area (Å²) in [7, 11) is 2.15. The molecule has 0 saturated carbocycles. The van der Waals surface area contributed by atoms with Crippen molar-refractivity contribution >= 4 is 74.8 Å². The van der Waals surface area contributed by atoms with Crippen LogP contribution in [0.4, 0.5) is 0 Å². The molecule has 1 heterocycles. The molecular formula is C43H65N13O10S2. The first-order valence-electron chi connectivity index (χ1n) is 21.9. The number of nitrogens with two attached hydrogens (primary N) is 5. The molecule has 0 unspecified atom stereocenters. The van der Waals surface area contributed by atoms with Crippen molar-refractivity contribution in [3.05, 3.63) is 65.7 Å². The van der Waals surface area contributed by atoms with Gasteiger partial charge in [-0.1, -0.05) is 64.1 Å². The number of carbonyl (C=O) groups excluding carboxylic acids is 8. The fraction of sp³-hybridized carbons (Fsp3) is 0.512. The molecule has 1 aliphatic rings. The molecule has 0 aromatic heterocycles. The zero-order valence-corrected chi connectivity index (χ0v) is 39.7. The summed E-state index contributed by atoms with van der Waals surface area (Å²) >= 11 is 0. The number of hydrogen-bond acceptors (Lipinski definition) is 15. The number of unbranched alkanes of at least 4 members (excludes halogenated alkanes) is 1. The number of nitrogens with zero attached hydrogens (tertiary/aromatic N) is 1. The van der Waals surface area contributed by atoms with E-state index in [1.807, 2.05) is 0 Å². The highest BCUT2D eigenvalue weighted by molar-refractivity contribution is 8.77. The molecule has 1 aliphatic heterocycles. The minimum absolute atomic E-state index is 0.0313. The van der Waals surface area contributed by atoms with Gasteiger partial charge in [0.15, 0.2) is 5.96 Å². The zero-order chi connectivity index (χ0) is 50.4. The van der Waals surface area contributed by atoms with E-state index in [0.717, 1.165) is 21.6 Å². The maximum atomic E-state index is 14.4. The Labute approximate surface area is 402 Å². The van der Waals surface area contributed by atoms with E-state index in [4.69, 9.17) is 28.7 Å². The van der Waals surface area contributed by atoms with Crippen molar-refractivity contribution in [2.45, 2.75) is 106 Å². The number of phenolic OH excluding ortho intramolecular Hbond substituents is 1. The molecular weight excluding hydrogens is 923 g/mol. The number of amides is 8. The molecule has 25 heteroatoms. The van der Waals surface area contributed by atoms with Crippen LogP contribution in [0.3, 0.4) is 0 Å². The van der Waals surface area contributed by atoms with Gasteiger partial charge in [0.1, 0.15) is 42.0 Å². The van der Waals surface area contributed by atoms with E-state index in [2.05, 4.69) is 42.2 Å². The van der Waals surface area contributed by atoms with Gasteiger partial charge >= 0.3 is 0 Å². The molecule has 19 N–H and O–H groups in total. The van der Waals surface area contributed by atoms with E-state index in [1.165, 1.54) is 12.1 Å². The average Bonchev–Trinajstić information content (AvgIpc) is 3.29. The van der Waals surface area contributed by atoms with Gasteiger partial charge in [0.2, 0.25) is 47.3 Å². The summed E-state index contributed by atoms with van der Waals surface area (Å²) in [6, 6.07) is 5.03. The Balaban J connectivity index is 2.03. The summed E-state index contributed by atoms with van der Waals surface area (Å²) in [6.45, 7) is 2.14. The fourth-order valence-electron chi connectivity index (χ4n) is 6.57. The van der Waals surface area contributed by atoms with Crippen molar-refractivity contribution in [1.82, 2.24) is 37.2 Å². The van der Waals surface area contributed by atoms with Crippen LogP contribution >= 0.6 is 21.6 Å². The smallest absolute Gasteiger partial charge is 0.245 e. The SMILES string of the molecule is CC1(C)SSC[C@@H](C(=O)N[C@@H](CCCCN)C(=O)N[C@@H](CCCN=C(N)N)C(N)=O)NC(=O)[C@H](Cc2ccccc2)NC(=O)[C@H](CO)NC(=O)CNC(=O)[C@H](Cc2ccc(O)cc2)NC(=O)[C@@H]1N. The van der Waals surface area contributed by atoms with Crippen molar-refractivity contribution in [3.8, 4) is 5.75 Å². The standard InChI is InChI=1S/C43H65N13O10S2/c1-43(2)34(45)41(66)55-29(20-25-13-15-26(58)16-14-25)36(61)50-21-33(59)51-31(22-57)39(64)54-30(19-24-9-4-3-5-10-24)38(63)56-32(23-67-68-43)40(65)53-28(11-6-7-17-44)37(62)52-27(35(46)60)12-8-18-49-42(47)48/h3-5,9-10,13-16,27-32,34,57-58H,6-8,11-12,17-23,44-45H2,1-2H3,(H2,46,60)(H,50,61)(H,51,59)(H,52,62)(H,53,65)(H,54,64)(H,55,66)(H,56,63)(H4,47,48,49)/t27-,28-,29-,30-,31-,32-,34-/m0/s1. The van der Waals surface area contributed by atoms with E-state index in [-0.39, 0.29) is 62.7 Å². The van der Waals surface area contributed by atoms with Crippen LogP contribution in [0.5, 0.6) is 5.75 Å². The molecule has 7 atom stereocenters. The normalized spacial score (nSPS) is 21.8. The Morgan fingerprint density at radius 1 is 0.779 bits per heavy atom. The molecule has 0 bridgehead atoms. The van der Waals surface area contributed by atoms with Gasteiger partial charge in [0.05, 0.1) is 19.2 Å². The molecule has 68 heavy (non-hydrogen) atoms. The lowest BCUT2D eigenvalue weighted by molar-refractivity contribution is -0.135. The Hall–Kier alpha value is -6.15. The largest absolute Gasteiger partial charge is 0.508 e. The minimum atomic E-state index is -1.61. The summed E-state index contributed by atoms with van der Waals surface area (Å²) in [5, 5.41) is 37.9. The Morgan fingerprint density at radius 3 is 2.00 bits per heavy atom. The summed E-state index contributed by atoms with van der Waals surface area (Å²) in [5.41, 5.74) is 29.8. The van der Waals surface area contributed by atoms with Gasteiger partial charge in [-0.05, 0) is 75.8 Å². The van der Waals surface area contributed by atoms with Crippen LogP contribution < -0.4 is 65.9 Å². The Bertz CT molecular complexity index is 2060. The van der Waals surface area contributed by atoms with Gasteiger partial charge < -0.3 is 76.1 Å². The lowest BCUT2D eigenvalue weighted by atomic mass is 10.0. The van der Waals surface area contributed by atoms with E-state index < -0.39 is 107 Å². The quantitative estimate of drug-likeness (QED) is 0.0297. The van der Waals surface area contributed by atoms with Crippen molar-refractivity contribution < 1.29 is 48.6 Å². The number of nitrogens with one attached hydrogen (secondary N) is 7. The second kappa shape index (κ2) is 28.2. The number of phenols is 1. The topological polar surface area (TPSA) is 404 Å². The highest BCUT2D eigenvalue weighted by atomic mass is 33.1. The average molecular weight is 988 g/mol. The summed E-state index contributed by atoms with van der Waals surface area (Å²) in [4.78, 5) is 113. The van der Waals surface area contributed by atoms with Gasteiger partial charge in [-0.25, -0.2) is 0 Å². The Kier molecular flexibility index (Phi) is 23.3. The molecule has 1 fully saturated rings. The molecule has 374 valence electrons. The first kappa shape index (κ1) is 56.2. The number of aliphatic hydroxyl groups excluding tert-OH is 1. The predicted octanol–water partition coefficient (Wildman–Crippen LogP) is -3.64. The number of benzene rings is 2. The van der Waals surface area contributed by atoms with Gasteiger partial charge in [-0.2, -0.15) is 0 Å². The van der Waals surface area contributed by atoms with Crippen LogP contribution in [0.2, 0.25) is 0 Å². The second-order valence-electron chi connectivity index (χ2n) is 16.5. The van der Waals surface area contributed by atoms with Crippen molar-refractivity contribution in [2.24, 2.45) is 33.7 Å². The highest BCUT2D eigenvalue weighted by Crippen LogP contribution is 2.38. The molecule has 3 rings (SSSR count). The molecule has 23 nitrogen and oxygen atoms in total. The summed E-state index contributed by atoms with van der Waals surface area (Å²) in [5.74, 6) is -7.08. The monoisotopic (exact) mass is 987 g/mol. The summed E-state index contributed by atoms with van der Waals surface area (Å²) in [6.07, 6.45) is 1.09. The van der Waals surface area contributed by atoms with E-state index in [9.17, 15) is 48.6 Å². The zero-order valence-electron chi connectivity index (χ0n) is 38.0. The van der Waals surface area contributed by atoms with E-state index in [0.29, 0.717) is 24.0 Å². The van der Waals surface area contributed by atoms with Crippen LogP contribution in [0, 0.1) is 0 Å². The molecule has 2 aromatic carbocycles. The molecule has 2 aromatic rings. The molecule has 0 aliphatic carbocycles. The maximum Gasteiger partial charge on any atom is 0.245 e. The third kappa shape index (κ3) is 19.2. The Morgan fingerprint density at radius 2 is 1.38 bits per heavy atom. The van der Waals surface area contributed by atoms with Crippen molar-refractivity contribution in [3.63, 3.8) is 0 Å². The van der Waals surface area contributed by atoms with Crippen molar-refractivity contribution in [2.75, 3.05) is 32.0 Å².